The van der Waals surface area contributed by atoms with Crippen molar-refractivity contribution >= 4 is 24.0 Å². The van der Waals surface area contributed by atoms with E-state index in [2.05, 4.69) is 20.0 Å². The number of benzene rings is 1. The van der Waals surface area contributed by atoms with E-state index in [1.165, 1.54) is 0 Å². The van der Waals surface area contributed by atoms with Crippen LogP contribution in [0.25, 0.3) is 11.4 Å². The van der Waals surface area contributed by atoms with Gasteiger partial charge in [-0.05, 0) is 36.2 Å². The van der Waals surface area contributed by atoms with E-state index < -0.39 is 5.76 Å². The summed E-state index contributed by atoms with van der Waals surface area (Å²) in [4.78, 5) is 26.6. The van der Waals surface area contributed by atoms with Gasteiger partial charge in [-0.1, -0.05) is 28.9 Å². The number of hydrogen-bond acceptors (Lipinski definition) is 6. The Morgan fingerprint density at radius 1 is 1.30 bits per heavy atom. The summed E-state index contributed by atoms with van der Waals surface area (Å²) < 4.78 is 12.2. The van der Waals surface area contributed by atoms with E-state index >= 15 is 0 Å². The molecule has 2 atom stereocenters. The topological polar surface area (TPSA) is 102 Å². The van der Waals surface area contributed by atoms with Crippen molar-refractivity contribution in [2.45, 2.75) is 19.6 Å². The van der Waals surface area contributed by atoms with E-state index in [-0.39, 0.29) is 41.4 Å². The molecule has 2 aromatic heterocycles. The Bertz CT molecular complexity index is 1120. The molecule has 0 bridgehead atoms. The van der Waals surface area contributed by atoms with Crippen LogP contribution >= 0.6 is 24.0 Å². The van der Waals surface area contributed by atoms with E-state index in [1.54, 1.807) is 22.9 Å². The molecular weight excluding hydrogens is 431 g/mol. The fourth-order valence-electron chi connectivity index (χ4n) is 3.56. The van der Waals surface area contributed by atoms with Gasteiger partial charge in [0.2, 0.25) is 0 Å². The lowest BCUT2D eigenvalue weighted by Gasteiger charge is -2.26. The number of pyridine rings is 1. The molecule has 2 unspecified atom stereocenters. The second-order valence-corrected chi connectivity index (χ2v) is 7.49. The summed E-state index contributed by atoms with van der Waals surface area (Å²) in [6.45, 7) is 4.38. The summed E-state index contributed by atoms with van der Waals surface area (Å²) in [6.07, 6.45) is 1.51. The third-order valence-corrected chi connectivity index (χ3v) is 5.49. The molecule has 0 saturated carbocycles. The molecule has 0 amide bonds. The molecule has 2 N–H and O–H groups in total. The number of rotatable bonds is 4. The highest BCUT2D eigenvalue weighted by atomic mass is 35.5. The first-order chi connectivity index (χ1) is 14.0. The maximum Gasteiger partial charge on any atom is 0.439 e. The summed E-state index contributed by atoms with van der Waals surface area (Å²) in [5.74, 6) is -0.584. The predicted octanol–water partition coefficient (Wildman–Crippen LogP) is 2.55. The average Bonchev–Trinajstić information content (AvgIpc) is 3.00. The molecule has 0 aliphatic carbocycles. The van der Waals surface area contributed by atoms with Crippen LogP contribution in [0.1, 0.15) is 17.2 Å². The highest BCUT2D eigenvalue weighted by Crippen LogP contribution is 2.31. The van der Waals surface area contributed by atoms with Crippen LogP contribution in [0, 0.1) is 12.8 Å². The Labute approximate surface area is 183 Å². The maximum absolute atomic E-state index is 13.0. The first kappa shape index (κ1) is 22.3. The molecule has 3 heterocycles. The first-order valence-electron chi connectivity index (χ1n) is 9.37. The van der Waals surface area contributed by atoms with Crippen molar-refractivity contribution in [3.63, 3.8) is 0 Å². The highest BCUT2D eigenvalue weighted by molar-refractivity contribution is 6.31. The molecule has 1 aromatic carbocycles. The molecule has 10 heteroatoms. The van der Waals surface area contributed by atoms with Crippen LogP contribution in [0.3, 0.4) is 0 Å². The Kier molecular flexibility index (Phi) is 7.14. The number of aromatic nitrogens is 3. The van der Waals surface area contributed by atoms with E-state index in [0.717, 1.165) is 17.7 Å². The van der Waals surface area contributed by atoms with Crippen LogP contribution < -0.4 is 16.6 Å². The zero-order valence-corrected chi connectivity index (χ0v) is 17.8. The van der Waals surface area contributed by atoms with Crippen molar-refractivity contribution in [3.05, 3.63) is 73.6 Å². The first-order valence-corrected chi connectivity index (χ1v) is 9.75. The van der Waals surface area contributed by atoms with Crippen LogP contribution in [0.15, 0.2) is 50.6 Å². The van der Waals surface area contributed by atoms with Gasteiger partial charge in [-0.2, -0.15) is 0 Å². The van der Waals surface area contributed by atoms with E-state index in [1.807, 2.05) is 25.1 Å². The normalized spacial score (nSPS) is 19.1. The van der Waals surface area contributed by atoms with Crippen molar-refractivity contribution in [1.82, 2.24) is 20.0 Å². The van der Waals surface area contributed by atoms with Gasteiger partial charge in [-0.25, -0.2) is 4.79 Å². The minimum Gasteiger partial charge on any atom is -0.372 e. The summed E-state index contributed by atoms with van der Waals surface area (Å²) >= 11 is 6.33. The molecule has 1 aliphatic rings. The van der Waals surface area contributed by atoms with Crippen LogP contribution in [0.5, 0.6) is 0 Å². The molecule has 3 aromatic rings. The van der Waals surface area contributed by atoms with Crippen molar-refractivity contribution in [1.29, 1.82) is 0 Å². The van der Waals surface area contributed by atoms with Gasteiger partial charge in [-0.15, -0.1) is 12.4 Å². The van der Waals surface area contributed by atoms with Crippen LogP contribution in [0.4, 0.5) is 0 Å². The molecular formula is C20H22Cl2N4O4. The van der Waals surface area contributed by atoms with Crippen molar-refractivity contribution < 1.29 is 9.26 Å². The van der Waals surface area contributed by atoms with Gasteiger partial charge < -0.3 is 14.6 Å². The Morgan fingerprint density at radius 3 is 2.87 bits per heavy atom. The molecule has 1 saturated heterocycles. The number of nitrogens with one attached hydrogen (secondary N) is 2. The lowest BCUT2D eigenvalue weighted by molar-refractivity contribution is 0.0251. The number of hydrogen-bond donors (Lipinski definition) is 2. The molecule has 1 fully saturated rings. The fraction of sp³-hybridized carbons (Fsp3) is 0.350. The molecule has 160 valence electrons. The summed E-state index contributed by atoms with van der Waals surface area (Å²) in [6, 6.07) is 9.27. The Balaban J connectivity index is 0.00000256. The third kappa shape index (κ3) is 4.67. The van der Waals surface area contributed by atoms with Gasteiger partial charge in [0.15, 0.2) is 5.82 Å². The predicted molar refractivity (Wildman–Crippen MR) is 115 cm³/mol. The van der Waals surface area contributed by atoms with Crippen LogP contribution in [-0.2, 0) is 11.3 Å². The number of ether oxygens (including phenoxy) is 1. The monoisotopic (exact) mass is 452 g/mol. The summed E-state index contributed by atoms with van der Waals surface area (Å²) in [5, 5.41) is 7.68. The van der Waals surface area contributed by atoms with E-state index in [9.17, 15) is 9.59 Å². The Hall–Kier alpha value is -2.39. The number of nitrogens with zero attached hydrogens (tertiary/aromatic N) is 2. The van der Waals surface area contributed by atoms with Crippen LogP contribution in [-0.4, -0.2) is 34.4 Å². The van der Waals surface area contributed by atoms with Gasteiger partial charge >= 0.3 is 5.76 Å². The molecule has 0 spiro atoms. The molecule has 8 nitrogen and oxygen atoms in total. The fourth-order valence-corrected chi connectivity index (χ4v) is 3.75. The van der Waals surface area contributed by atoms with Gasteiger partial charge in [0, 0.05) is 36.8 Å². The van der Waals surface area contributed by atoms with Gasteiger partial charge in [0.05, 0.1) is 18.3 Å². The number of aromatic amines is 1. The third-order valence-electron chi connectivity index (χ3n) is 5.08. The van der Waals surface area contributed by atoms with Gasteiger partial charge in [-0.3, -0.25) is 14.3 Å². The van der Waals surface area contributed by atoms with Crippen molar-refractivity contribution in [2.24, 2.45) is 5.92 Å². The average molecular weight is 453 g/mol. The molecule has 0 radical (unpaired) electrons. The lowest BCUT2D eigenvalue weighted by atomic mass is 9.94. The minimum atomic E-state index is -0.701. The SMILES string of the molecule is Cc1ccc(C2OCCNCC2Cn2cccc(-c3noc(=O)[nH]3)c2=O)cc1Cl.Cl. The quantitative estimate of drug-likeness (QED) is 0.630. The second kappa shape index (κ2) is 9.61. The zero-order valence-electron chi connectivity index (χ0n) is 16.3. The zero-order chi connectivity index (χ0) is 20.4. The van der Waals surface area contributed by atoms with Crippen molar-refractivity contribution in [3.8, 4) is 11.4 Å². The summed E-state index contributed by atoms with van der Waals surface area (Å²) in [5.41, 5.74) is 2.00. The van der Waals surface area contributed by atoms with Gasteiger partial charge in [0.25, 0.3) is 5.56 Å². The summed E-state index contributed by atoms with van der Waals surface area (Å²) in [7, 11) is 0. The molecule has 30 heavy (non-hydrogen) atoms. The number of H-pyrrole nitrogens is 1. The molecule has 4 rings (SSSR count). The lowest BCUT2D eigenvalue weighted by Crippen LogP contribution is -2.32. The van der Waals surface area contributed by atoms with E-state index in [0.29, 0.717) is 24.7 Å². The van der Waals surface area contributed by atoms with Crippen molar-refractivity contribution in [2.75, 3.05) is 19.7 Å². The highest BCUT2D eigenvalue weighted by Gasteiger charge is 2.27. The van der Waals surface area contributed by atoms with E-state index in [4.69, 9.17) is 16.3 Å². The largest absolute Gasteiger partial charge is 0.439 e. The smallest absolute Gasteiger partial charge is 0.372 e. The maximum atomic E-state index is 13.0. The molecule has 1 aliphatic heterocycles. The van der Waals surface area contributed by atoms with Crippen LogP contribution in [0.2, 0.25) is 5.02 Å². The number of aryl methyl sites for hydroxylation is 1. The van der Waals surface area contributed by atoms with Gasteiger partial charge in [0.1, 0.15) is 0 Å². The number of halogens is 2. The standard InChI is InChI=1S/C20H21ClN4O4.ClH/c1-12-4-5-13(9-16(12)21)17-14(10-22-6-8-28-17)11-25-7-2-3-15(19(25)26)18-23-20(27)29-24-18;/h2-5,7,9,14,17,22H,6,8,10-11H2,1H3,(H,23,24,27);1H. The Morgan fingerprint density at radius 2 is 2.13 bits per heavy atom. The second-order valence-electron chi connectivity index (χ2n) is 7.09. The minimum absolute atomic E-state index is 0.